The third kappa shape index (κ3) is 6.85. The van der Waals surface area contributed by atoms with Crippen LogP contribution in [0.15, 0.2) is 48.5 Å². The highest BCUT2D eigenvalue weighted by Gasteiger charge is 2.18. The lowest BCUT2D eigenvalue weighted by Gasteiger charge is -2.19. The number of nitriles is 1. The highest BCUT2D eigenvalue weighted by atomic mass is 16.6. The molecule has 2 rings (SSSR count). The molecule has 0 heterocycles. The van der Waals surface area contributed by atoms with Crippen molar-refractivity contribution < 1.29 is 23.9 Å². The number of benzene rings is 2. The van der Waals surface area contributed by atoms with Crippen molar-refractivity contribution in [3.63, 3.8) is 0 Å². The number of nitrogens with zero attached hydrogens (tertiary/aromatic N) is 2. The molecule has 8 heteroatoms. The van der Waals surface area contributed by atoms with Gasteiger partial charge in [0, 0.05) is 24.3 Å². The van der Waals surface area contributed by atoms with Gasteiger partial charge < -0.3 is 19.7 Å². The minimum atomic E-state index is -0.934. The van der Waals surface area contributed by atoms with E-state index in [0.29, 0.717) is 35.7 Å². The predicted molar refractivity (Wildman–Crippen MR) is 115 cm³/mol. The van der Waals surface area contributed by atoms with Gasteiger partial charge >= 0.3 is 5.97 Å². The first-order valence-corrected chi connectivity index (χ1v) is 9.90. The van der Waals surface area contributed by atoms with Crippen LogP contribution in [0.2, 0.25) is 0 Å². The number of esters is 1. The summed E-state index contributed by atoms with van der Waals surface area (Å²) in [5, 5.41) is 11.4. The van der Waals surface area contributed by atoms with Crippen molar-refractivity contribution in [3.05, 3.63) is 59.7 Å². The second-order valence-electron chi connectivity index (χ2n) is 6.61. The average molecular weight is 423 g/mol. The Morgan fingerprint density at radius 1 is 1.10 bits per heavy atom. The summed E-state index contributed by atoms with van der Waals surface area (Å²) in [4.78, 5) is 38.3. The SMILES string of the molecule is CCN(CC)C(=O)c1cccc(NC(=O)COC(=O)[C@@H](C)Oc2ccc(C#N)cc2)c1. The average Bonchev–Trinajstić information content (AvgIpc) is 2.78. The van der Waals surface area contributed by atoms with Gasteiger partial charge in [0.15, 0.2) is 12.7 Å². The first-order chi connectivity index (χ1) is 14.9. The van der Waals surface area contributed by atoms with E-state index in [1.165, 1.54) is 6.92 Å². The number of amides is 2. The molecule has 0 aliphatic carbocycles. The summed E-state index contributed by atoms with van der Waals surface area (Å²) in [6.07, 6.45) is -0.934. The molecular weight excluding hydrogens is 398 g/mol. The molecule has 0 fully saturated rings. The summed E-state index contributed by atoms with van der Waals surface area (Å²) in [6.45, 7) is 5.98. The number of carbonyl (C=O) groups is 3. The summed E-state index contributed by atoms with van der Waals surface area (Å²) >= 11 is 0. The van der Waals surface area contributed by atoms with Gasteiger partial charge in [0.25, 0.3) is 11.8 Å². The van der Waals surface area contributed by atoms with Crippen molar-refractivity contribution in [1.82, 2.24) is 4.90 Å². The second kappa shape index (κ2) is 11.4. The molecule has 2 aromatic rings. The van der Waals surface area contributed by atoms with Crippen LogP contribution in [0.5, 0.6) is 5.75 Å². The number of nitrogens with one attached hydrogen (secondary N) is 1. The van der Waals surface area contributed by atoms with Gasteiger partial charge in [-0.25, -0.2) is 4.79 Å². The Kier molecular flexibility index (Phi) is 8.58. The fourth-order valence-corrected chi connectivity index (χ4v) is 2.73. The Labute approximate surface area is 181 Å². The highest BCUT2D eigenvalue weighted by molar-refractivity contribution is 5.97. The minimum Gasteiger partial charge on any atom is -0.479 e. The zero-order valence-corrected chi connectivity index (χ0v) is 17.8. The zero-order chi connectivity index (χ0) is 22.8. The van der Waals surface area contributed by atoms with Crippen molar-refractivity contribution in [1.29, 1.82) is 5.26 Å². The topological polar surface area (TPSA) is 109 Å². The fraction of sp³-hybridized carbons (Fsp3) is 0.304. The smallest absolute Gasteiger partial charge is 0.347 e. The fourth-order valence-electron chi connectivity index (χ4n) is 2.73. The van der Waals surface area contributed by atoms with Gasteiger partial charge in [0.05, 0.1) is 11.6 Å². The molecule has 0 aromatic heterocycles. The Balaban J connectivity index is 1.87. The number of hydrogen-bond acceptors (Lipinski definition) is 6. The van der Waals surface area contributed by atoms with Crippen molar-refractivity contribution >= 4 is 23.5 Å². The molecule has 8 nitrogen and oxygen atoms in total. The maximum absolute atomic E-state index is 12.4. The second-order valence-corrected chi connectivity index (χ2v) is 6.61. The van der Waals surface area contributed by atoms with E-state index in [2.05, 4.69) is 5.32 Å². The lowest BCUT2D eigenvalue weighted by Crippen LogP contribution is -2.31. The van der Waals surface area contributed by atoms with Crippen LogP contribution in [-0.2, 0) is 14.3 Å². The molecule has 31 heavy (non-hydrogen) atoms. The van der Waals surface area contributed by atoms with Gasteiger partial charge in [0.2, 0.25) is 0 Å². The summed E-state index contributed by atoms with van der Waals surface area (Å²) in [7, 11) is 0. The van der Waals surface area contributed by atoms with E-state index in [1.807, 2.05) is 19.9 Å². The van der Waals surface area contributed by atoms with Crippen molar-refractivity contribution in [2.75, 3.05) is 25.0 Å². The Morgan fingerprint density at radius 3 is 2.39 bits per heavy atom. The Morgan fingerprint density at radius 2 is 1.77 bits per heavy atom. The third-order valence-corrected chi connectivity index (χ3v) is 4.42. The Hall–Kier alpha value is -3.86. The summed E-state index contributed by atoms with van der Waals surface area (Å²) in [5.41, 5.74) is 1.37. The van der Waals surface area contributed by atoms with Crippen molar-refractivity contribution in [2.24, 2.45) is 0 Å². The van der Waals surface area contributed by atoms with Crippen LogP contribution in [0.4, 0.5) is 5.69 Å². The lowest BCUT2D eigenvalue weighted by atomic mass is 10.1. The van der Waals surface area contributed by atoms with Crippen LogP contribution in [0.1, 0.15) is 36.7 Å². The van der Waals surface area contributed by atoms with Crippen LogP contribution in [0.25, 0.3) is 0 Å². The highest BCUT2D eigenvalue weighted by Crippen LogP contribution is 2.15. The standard InChI is InChI=1S/C23H25N3O5/c1-4-26(5-2)22(28)18-7-6-8-19(13-18)25-21(27)15-30-23(29)16(3)31-20-11-9-17(14-24)10-12-20/h6-13,16H,4-5,15H2,1-3H3,(H,25,27)/t16-/m1/s1. The van der Waals surface area contributed by atoms with Gasteiger partial charge in [0.1, 0.15) is 5.75 Å². The van der Waals surface area contributed by atoms with Gasteiger partial charge in [-0.3, -0.25) is 9.59 Å². The molecule has 0 radical (unpaired) electrons. The van der Waals surface area contributed by atoms with E-state index < -0.39 is 24.6 Å². The van der Waals surface area contributed by atoms with E-state index in [-0.39, 0.29) is 5.91 Å². The first-order valence-electron chi connectivity index (χ1n) is 9.90. The summed E-state index contributed by atoms with van der Waals surface area (Å²) in [6, 6.07) is 14.9. The molecule has 1 N–H and O–H groups in total. The van der Waals surface area contributed by atoms with Gasteiger partial charge in [-0.05, 0) is 63.2 Å². The molecule has 0 unspecified atom stereocenters. The quantitative estimate of drug-likeness (QED) is 0.621. The summed E-state index contributed by atoms with van der Waals surface area (Å²) < 4.78 is 10.5. The largest absolute Gasteiger partial charge is 0.479 e. The van der Waals surface area contributed by atoms with Crippen LogP contribution in [-0.4, -0.2) is 48.5 Å². The maximum Gasteiger partial charge on any atom is 0.347 e. The molecule has 0 bridgehead atoms. The van der Waals surface area contributed by atoms with Gasteiger partial charge in [-0.2, -0.15) is 5.26 Å². The van der Waals surface area contributed by atoms with E-state index in [0.717, 1.165) is 0 Å². The van der Waals surface area contributed by atoms with Gasteiger partial charge in [-0.1, -0.05) is 6.07 Å². The minimum absolute atomic E-state index is 0.124. The molecule has 0 saturated heterocycles. The third-order valence-electron chi connectivity index (χ3n) is 4.42. The molecular formula is C23H25N3O5. The molecule has 0 aliphatic heterocycles. The first kappa shape index (κ1) is 23.4. The van der Waals surface area contributed by atoms with Crippen molar-refractivity contribution in [2.45, 2.75) is 26.9 Å². The van der Waals surface area contributed by atoms with Gasteiger partial charge in [-0.15, -0.1) is 0 Å². The van der Waals surface area contributed by atoms with Crippen LogP contribution in [0.3, 0.4) is 0 Å². The number of rotatable bonds is 9. The number of carbonyl (C=O) groups excluding carboxylic acids is 3. The van der Waals surface area contributed by atoms with Crippen LogP contribution in [0, 0.1) is 11.3 Å². The Bertz CT molecular complexity index is 962. The molecule has 1 atom stereocenters. The maximum atomic E-state index is 12.4. The molecule has 162 valence electrons. The van der Waals surface area contributed by atoms with E-state index in [4.69, 9.17) is 14.7 Å². The molecule has 2 amide bonds. The van der Waals surface area contributed by atoms with E-state index >= 15 is 0 Å². The monoisotopic (exact) mass is 423 g/mol. The number of anilines is 1. The zero-order valence-electron chi connectivity index (χ0n) is 17.8. The molecule has 2 aromatic carbocycles. The molecule has 0 saturated carbocycles. The van der Waals surface area contributed by atoms with E-state index in [1.54, 1.807) is 53.4 Å². The molecule has 0 spiro atoms. The predicted octanol–water partition coefficient (Wildman–Crippen LogP) is 2.99. The van der Waals surface area contributed by atoms with Crippen molar-refractivity contribution in [3.8, 4) is 11.8 Å². The van der Waals surface area contributed by atoms with E-state index in [9.17, 15) is 14.4 Å². The number of ether oxygens (including phenoxy) is 2. The van der Waals surface area contributed by atoms with Crippen LogP contribution < -0.4 is 10.1 Å². The lowest BCUT2D eigenvalue weighted by molar-refractivity contribution is -0.153. The van der Waals surface area contributed by atoms with Crippen LogP contribution >= 0.6 is 0 Å². The molecule has 0 aliphatic rings. The number of hydrogen-bond donors (Lipinski definition) is 1. The summed E-state index contributed by atoms with van der Waals surface area (Å²) in [5.74, 6) is -0.958. The normalized spacial score (nSPS) is 11.0.